The van der Waals surface area contributed by atoms with Crippen LogP contribution in [0.5, 0.6) is 0 Å². The van der Waals surface area contributed by atoms with Crippen molar-refractivity contribution in [2.24, 2.45) is 0 Å². The Bertz CT molecular complexity index is 172. The van der Waals surface area contributed by atoms with E-state index in [9.17, 15) is 13.2 Å². The Kier molecular flexibility index (Phi) is 4.02. The molecule has 80 valence electrons. The van der Waals surface area contributed by atoms with E-state index in [1.54, 1.807) is 0 Å². The Morgan fingerprint density at radius 2 is 1.92 bits per heavy atom. The summed E-state index contributed by atoms with van der Waals surface area (Å²) in [4.78, 5) is 0. The van der Waals surface area contributed by atoms with Gasteiger partial charge in [0.2, 0.25) is 0 Å². The van der Waals surface area contributed by atoms with Gasteiger partial charge in [-0.05, 0) is 13.8 Å². The van der Waals surface area contributed by atoms with Gasteiger partial charge in [-0.2, -0.15) is 13.2 Å². The molecule has 0 saturated carbocycles. The number of nitrogens with one attached hydrogen (secondary N) is 1. The standard InChI is InChI=1S/C7H12F3NO.ClH/c1-6(2)5(7(8,9)10)12-4-3-11-6;/h5,11H,3-4H2,1-2H3;1H. The summed E-state index contributed by atoms with van der Waals surface area (Å²) in [5, 5.41) is 2.77. The molecule has 1 saturated heterocycles. The van der Waals surface area contributed by atoms with Gasteiger partial charge in [0.25, 0.3) is 0 Å². The summed E-state index contributed by atoms with van der Waals surface area (Å²) in [5.41, 5.74) is -1.02. The molecular formula is C7H13ClF3NO. The van der Waals surface area contributed by atoms with Crippen LogP contribution >= 0.6 is 12.4 Å². The molecule has 1 unspecified atom stereocenters. The van der Waals surface area contributed by atoms with Gasteiger partial charge >= 0.3 is 6.18 Å². The topological polar surface area (TPSA) is 21.3 Å². The number of morpholine rings is 1. The van der Waals surface area contributed by atoms with Crippen molar-refractivity contribution < 1.29 is 17.9 Å². The molecular weight excluding hydrogens is 207 g/mol. The molecule has 1 atom stereocenters. The van der Waals surface area contributed by atoms with Crippen LogP contribution in [0.4, 0.5) is 13.2 Å². The molecule has 0 aromatic rings. The Balaban J connectivity index is 0.00000144. The fourth-order valence-electron chi connectivity index (χ4n) is 1.35. The zero-order valence-electron chi connectivity index (χ0n) is 7.44. The summed E-state index contributed by atoms with van der Waals surface area (Å²) in [6.07, 6.45) is -5.98. The number of hydrogen-bond donors (Lipinski definition) is 1. The van der Waals surface area contributed by atoms with E-state index in [0.717, 1.165) is 0 Å². The highest BCUT2D eigenvalue weighted by atomic mass is 35.5. The monoisotopic (exact) mass is 219 g/mol. The second-order valence-electron chi connectivity index (χ2n) is 3.44. The van der Waals surface area contributed by atoms with Gasteiger partial charge in [0, 0.05) is 12.1 Å². The normalized spacial score (nSPS) is 27.9. The molecule has 1 heterocycles. The predicted octanol–water partition coefficient (Wildman–Crippen LogP) is 1.74. The highest BCUT2D eigenvalue weighted by Gasteiger charge is 2.51. The summed E-state index contributed by atoms with van der Waals surface area (Å²) in [7, 11) is 0. The number of ether oxygens (including phenoxy) is 1. The third kappa shape index (κ3) is 3.00. The minimum Gasteiger partial charge on any atom is -0.366 e. The van der Waals surface area contributed by atoms with E-state index in [1.165, 1.54) is 13.8 Å². The van der Waals surface area contributed by atoms with Gasteiger partial charge in [-0.15, -0.1) is 12.4 Å². The van der Waals surface area contributed by atoms with Crippen LogP contribution in [0.2, 0.25) is 0 Å². The lowest BCUT2D eigenvalue weighted by Crippen LogP contribution is -2.61. The van der Waals surface area contributed by atoms with Crippen LogP contribution in [0.3, 0.4) is 0 Å². The predicted molar refractivity (Wildman–Crippen MR) is 45.1 cm³/mol. The summed E-state index contributed by atoms with van der Waals surface area (Å²) < 4.78 is 41.5. The van der Waals surface area contributed by atoms with E-state index < -0.39 is 17.8 Å². The third-order valence-electron chi connectivity index (χ3n) is 1.92. The van der Waals surface area contributed by atoms with Gasteiger partial charge in [-0.25, -0.2) is 0 Å². The van der Waals surface area contributed by atoms with Crippen LogP contribution in [0.15, 0.2) is 0 Å². The first-order valence-corrected chi connectivity index (χ1v) is 3.77. The summed E-state index contributed by atoms with van der Waals surface area (Å²) in [6.45, 7) is 3.57. The van der Waals surface area contributed by atoms with E-state index >= 15 is 0 Å². The average molecular weight is 220 g/mol. The van der Waals surface area contributed by atoms with Crippen LogP contribution in [0, 0.1) is 0 Å². The number of alkyl halides is 3. The lowest BCUT2D eigenvalue weighted by Gasteiger charge is -2.40. The maximum atomic E-state index is 12.3. The molecule has 0 bridgehead atoms. The molecule has 1 fully saturated rings. The molecule has 1 N–H and O–H groups in total. The van der Waals surface area contributed by atoms with E-state index in [1.807, 2.05) is 0 Å². The smallest absolute Gasteiger partial charge is 0.366 e. The fourth-order valence-corrected chi connectivity index (χ4v) is 1.35. The summed E-state index contributed by atoms with van der Waals surface area (Å²) in [6, 6.07) is 0. The van der Waals surface area contributed by atoms with E-state index in [4.69, 9.17) is 0 Å². The van der Waals surface area contributed by atoms with Gasteiger partial charge in [-0.3, -0.25) is 0 Å². The Labute approximate surface area is 81.2 Å². The molecule has 1 rings (SSSR count). The van der Waals surface area contributed by atoms with Crippen LogP contribution < -0.4 is 5.32 Å². The third-order valence-corrected chi connectivity index (χ3v) is 1.92. The maximum Gasteiger partial charge on any atom is 0.416 e. The molecule has 6 heteroatoms. The number of rotatable bonds is 0. The largest absolute Gasteiger partial charge is 0.416 e. The summed E-state index contributed by atoms with van der Waals surface area (Å²) >= 11 is 0. The molecule has 1 aliphatic heterocycles. The van der Waals surface area contributed by atoms with Crippen molar-refractivity contribution in [3.63, 3.8) is 0 Å². The molecule has 0 aromatic carbocycles. The molecule has 0 aliphatic carbocycles. The van der Waals surface area contributed by atoms with Crippen molar-refractivity contribution in [1.82, 2.24) is 5.32 Å². The van der Waals surface area contributed by atoms with Crippen LogP contribution in [0.25, 0.3) is 0 Å². The second kappa shape index (κ2) is 4.02. The first-order chi connectivity index (χ1) is 5.34. The molecule has 0 amide bonds. The van der Waals surface area contributed by atoms with E-state index in [-0.39, 0.29) is 19.0 Å². The molecule has 0 spiro atoms. The van der Waals surface area contributed by atoms with Crippen molar-refractivity contribution in [2.45, 2.75) is 31.7 Å². The van der Waals surface area contributed by atoms with Crippen molar-refractivity contribution in [1.29, 1.82) is 0 Å². The van der Waals surface area contributed by atoms with E-state index in [0.29, 0.717) is 6.54 Å². The summed E-state index contributed by atoms with van der Waals surface area (Å²) in [5.74, 6) is 0. The van der Waals surface area contributed by atoms with Crippen LogP contribution in [0.1, 0.15) is 13.8 Å². The van der Waals surface area contributed by atoms with Crippen molar-refractivity contribution in [2.75, 3.05) is 13.2 Å². The molecule has 13 heavy (non-hydrogen) atoms. The lowest BCUT2D eigenvalue weighted by molar-refractivity contribution is -0.249. The Hall–Kier alpha value is -0.0000000000000000555. The van der Waals surface area contributed by atoms with Gasteiger partial charge < -0.3 is 10.1 Å². The zero-order valence-corrected chi connectivity index (χ0v) is 8.26. The minimum absolute atomic E-state index is 0. The van der Waals surface area contributed by atoms with Crippen LogP contribution in [-0.4, -0.2) is 31.0 Å². The minimum atomic E-state index is -4.28. The maximum absolute atomic E-state index is 12.3. The lowest BCUT2D eigenvalue weighted by atomic mass is 9.95. The van der Waals surface area contributed by atoms with Crippen molar-refractivity contribution in [3.05, 3.63) is 0 Å². The van der Waals surface area contributed by atoms with Gasteiger partial charge in [0.1, 0.15) is 0 Å². The van der Waals surface area contributed by atoms with Gasteiger partial charge in [-0.1, -0.05) is 0 Å². The molecule has 0 aromatic heterocycles. The zero-order chi connectivity index (χ0) is 9.41. The SMILES string of the molecule is CC1(C)NCCOC1C(F)(F)F.Cl. The van der Waals surface area contributed by atoms with Gasteiger partial charge in [0.05, 0.1) is 6.61 Å². The fraction of sp³-hybridized carbons (Fsp3) is 1.00. The van der Waals surface area contributed by atoms with Crippen molar-refractivity contribution >= 4 is 12.4 Å². The first kappa shape index (κ1) is 13.0. The molecule has 0 radical (unpaired) electrons. The molecule has 2 nitrogen and oxygen atoms in total. The Morgan fingerprint density at radius 3 is 2.23 bits per heavy atom. The van der Waals surface area contributed by atoms with E-state index in [2.05, 4.69) is 10.1 Å². The molecule has 1 aliphatic rings. The van der Waals surface area contributed by atoms with Crippen LogP contribution in [-0.2, 0) is 4.74 Å². The number of hydrogen-bond acceptors (Lipinski definition) is 2. The van der Waals surface area contributed by atoms with Gasteiger partial charge in [0.15, 0.2) is 6.10 Å². The van der Waals surface area contributed by atoms with Crippen molar-refractivity contribution in [3.8, 4) is 0 Å². The Morgan fingerprint density at radius 1 is 1.38 bits per heavy atom. The number of halogens is 4. The average Bonchev–Trinajstić information content (AvgIpc) is 1.83. The first-order valence-electron chi connectivity index (χ1n) is 3.77. The second-order valence-corrected chi connectivity index (χ2v) is 3.44. The highest BCUT2D eigenvalue weighted by molar-refractivity contribution is 5.85. The quantitative estimate of drug-likeness (QED) is 0.670. The highest BCUT2D eigenvalue weighted by Crippen LogP contribution is 2.32.